The van der Waals surface area contributed by atoms with Crippen LogP contribution in [0.25, 0.3) is 0 Å². The molecule has 1 aliphatic heterocycles. The van der Waals surface area contributed by atoms with Crippen molar-refractivity contribution >= 4 is 17.5 Å². The molecule has 1 N–H and O–H groups in total. The summed E-state index contributed by atoms with van der Waals surface area (Å²) in [5, 5.41) is 0.577. The van der Waals surface area contributed by atoms with Crippen LogP contribution in [0.1, 0.15) is 23.3 Å². The molecule has 2 bridgehead atoms. The van der Waals surface area contributed by atoms with E-state index in [2.05, 4.69) is 4.98 Å². The van der Waals surface area contributed by atoms with E-state index in [1.54, 1.807) is 19.4 Å². The standard InChI is InChI=1S/C13H17ClN2O2/c1-18-12-8-2-3-9(12)7-16(6-8)13(17)11-4-10(14)5-15-11/h4-5,8-9,12,15H,2-3,6-7H2,1H3/t8-,9+,12?. The molecule has 5 heteroatoms. The minimum atomic E-state index is 0.0494. The average molecular weight is 269 g/mol. The van der Waals surface area contributed by atoms with Gasteiger partial charge >= 0.3 is 0 Å². The molecule has 0 radical (unpaired) electrons. The fourth-order valence-corrected chi connectivity index (χ4v) is 3.55. The van der Waals surface area contributed by atoms with Gasteiger partial charge < -0.3 is 14.6 Å². The fourth-order valence-electron chi connectivity index (χ4n) is 3.39. The lowest BCUT2D eigenvalue weighted by Crippen LogP contribution is -2.48. The molecule has 0 aromatic carbocycles. The van der Waals surface area contributed by atoms with Crippen molar-refractivity contribution in [2.75, 3.05) is 20.2 Å². The normalized spacial score (nSPS) is 30.8. The Morgan fingerprint density at radius 2 is 2.11 bits per heavy atom. The highest BCUT2D eigenvalue weighted by Gasteiger charge is 2.43. The highest BCUT2D eigenvalue weighted by molar-refractivity contribution is 6.30. The molecule has 1 saturated carbocycles. The van der Waals surface area contributed by atoms with Gasteiger partial charge in [-0.2, -0.15) is 0 Å². The Bertz CT molecular complexity index is 446. The first-order valence-corrected chi connectivity index (χ1v) is 6.73. The van der Waals surface area contributed by atoms with Gasteiger partial charge in [-0.3, -0.25) is 4.79 Å². The van der Waals surface area contributed by atoms with Crippen LogP contribution in [0.2, 0.25) is 5.02 Å². The van der Waals surface area contributed by atoms with Gasteiger partial charge in [0.15, 0.2) is 0 Å². The monoisotopic (exact) mass is 268 g/mol. The largest absolute Gasteiger partial charge is 0.381 e. The number of nitrogens with one attached hydrogen (secondary N) is 1. The zero-order valence-corrected chi connectivity index (χ0v) is 11.1. The number of likely N-dealkylation sites (tertiary alicyclic amines) is 1. The molecule has 4 nitrogen and oxygen atoms in total. The summed E-state index contributed by atoms with van der Waals surface area (Å²) < 4.78 is 5.55. The van der Waals surface area contributed by atoms with E-state index in [1.165, 1.54) is 12.8 Å². The summed E-state index contributed by atoms with van der Waals surface area (Å²) in [5.41, 5.74) is 0.579. The molecule has 0 spiro atoms. The Kier molecular flexibility index (Phi) is 3.08. The molecule has 1 aromatic rings. The zero-order chi connectivity index (χ0) is 12.7. The molecule has 1 amide bonds. The maximum Gasteiger partial charge on any atom is 0.270 e. The molecule has 3 rings (SSSR count). The summed E-state index contributed by atoms with van der Waals surface area (Å²) in [7, 11) is 1.78. The number of amides is 1. The second-order valence-corrected chi connectivity index (χ2v) is 5.68. The van der Waals surface area contributed by atoms with Gasteiger partial charge in [0.25, 0.3) is 5.91 Å². The summed E-state index contributed by atoms with van der Waals surface area (Å²) in [6.07, 6.45) is 4.31. The van der Waals surface area contributed by atoms with Crippen LogP contribution in [0.5, 0.6) is 0 Å². The average Bonchev–Trinajstić information content (AvgIpc) is 2.89. The second kappa shape index (κ2) is 4.59. The number of aromatic nitrogens is 1. The molecule has 1 aliphatic carbocycles. The van der Waals surface area contributed by atoms with E-state index in [0.29, 0.717) is 28.7 Å². The number of hydrogen-bond acceptors (Lipinski definition) is 2. The third kappa shape index (κ3) is 1.93. The number of hydrogen-bond donors (Lipinski definition) is 1. The Balaban J connectivity index is 1.74. The lowest BCUT2D eigenvalue weighted by atomic mass is 9.94. The molecule has 1 saturated heterocycles. The van der Waals surface area contributed by atoms with Crippen molar-refractivity contribution in [3.63, 3.8) is 0 Å². The van der Waals surface area contributed by atoms with Crippen molar-refractivity contribution in [2.45, 2.75) is 18.9 Å². The number of fused-ring (bicyclic) bond motifs is 2. The van der Waals surface area contributed by atoms with Crippen LogP contribution in [0.3, 0.4) is 0 Å². The van der Waals surface area contributed by atoms with Crippen LogP contribution in [0.15, 0.2) is 12.3 Å². The van der Waals surface area contributed by atoms with Crippen LogP contribution >= 0.6 is 11.6 Å². The van der Waals surface area contributed by atoms with Crippen LogP contribution < -0.4 is 0 Å². The van der Waals surface area contributed by atoms with E-state index in [0.717, 1.165) is 13.1 Å². The molecule has 3 atom stereocenters. The maximum atomic E-state index is 12.3. The number of ether oxygens (including phenoxy) is 1. The SMILES string of the molecule is COC1[C@@H]2CC[C@H]1CN(C(=O)c1cc(Cl)c[nH]1)C2. The summed E-state index contributed by atoms with van der Waals surface area (Å²) in [5.74, 6) is 1.03. The van der Waals surface area contributed by atoms with E-state index >= 15 is 0 Å². The summed E-state index contributed by atoms with van der Waals surface area (Å²) in [4.78, 5) is 17.2. The van der Waals surface area contributed by atoms with Gasteiger partial charge in [-0.25, -0.2) is 0 Å². The summed E-state index contributed by atoms with van der Waals surface area (Å²) in [6, 6.07) is 1.69. The van der Waals surface area contributed by atoms with E-state index in [9.17, 15) is 4.79 Å². The Hall–Kier alpha value is -1.00. The van der Waals surface area contributed by atoms with Gasteiger partial charge in [0.1, 0.15) is 5.69 Å². The van der Waals surface area contributed by atoms with Crippen LogP contribution in [-0.2, 0) is 4.74 Å². The molecule has 98 valence electrons. The molecule has 1 aromatic heterocycles. The number of aromatic amines is 1. The molecule has 2 aliphatic rings. The van der Waals surface area contributed by atoms with Crippen molar-refractivity contribution in [2.24, 2.45) is 11.8 Å². The zero-order valence-electron chi connectivity index (χ0n) is 10.4. The Labute approximate surface area is 111 Å². The van der Waals surface area contributed by atoms with Gasteiger partial charge in [-0.1, -0.05) is 11.6 Å². The minimum Gasteiger partial charge on any atom is -0.381 e. The smallest absolute Gasteiger partial charge is 0.270 e. The maximum absolute atomic E-state index is 12.3. The lowest BCUT2D eigenvalue weighted by molar-refractivity contribution is -0.0115. The first kappa shape index (κ1) is 12.1. The topological polar surface area (TPSA) is 45.3 Å². The lowest BCUT2D eigenvalue weighted by Gasteiger charge is -2.37. The molecule has 2 heterocycles. The number of carbonyl (C=O) groups excluding carboxylic acids is 1. The third-order valence-corrected chi connectivity index (χ3v) is 4.40. The third-order valence-electron chi connectivity index (χ3n) is 4.18. The molecular formula is C13H17ClN2O2. The summed E-state index contributed by atoms with van der Waals surface area (Å²) >= 11 is 5.84. The minimum absolute atomic E-state index is 0.0494. The molecular weight excluding hydrogens is 252 g/mol. The van der Waals surface area contributed by atoms with Gasteiger partial charge in [0, 0.05) is 38.2 Å². The van der Waals surface area contributed by atoms with E-state index in [4.69, 9.17) is 16.3 Å². The number of methoxy groups -OCH3 is 1. The Morgan fingerprint density at radius 1 is 1.44 bits per heavy atom. The number of nitrogens with zero attached hydrogens (tertiary/aromatic N) is 1. The van der Waals surface area contributed by atoms with Gasteiger partial charge in [0.2, 0.25) is 0 Å². The van der Waals surface area contributed by atoms with Crippen molar-refractivity contribution in [1.82, 2.24) is 9.88 Å². The van der Waals surface area contributed by atoms with Gasteiger partial charge in [-0.05, 0) is 18.9 Å². The molecule has 18 heavy (non-hydrogen) atoms. The number of halogens is 1. The van der Waals surface area contributed by atoms with E-state index in [1.807, 2.05) is 4.90 Å². The highest BCUT2D eigenvalue weighted by atomic mass is 35.5. The van der Waals surface area contributed by atoms with Crippen molar-refractivity contribution in [3.8, 4) is 0 Å². The summed E-state index contributed by atoms with van der Waals surface area (Å²) in [6.45, 7) is 1.59. The quantitative estimate of drug-likeness (QED) is 0.893. The van der Waals surface area contributed by atoms with Gasteiger partial charge in [0.05, 0.1) is 11.1 Å². The first-order chi connectivity index (χ1) is 8.69. The predicted octanol–water partition coefficient (Wildman–Crippen LogP) is 2.17. The van der Waals surface area contributed by atoms with Crippen molar-refractivity contribution in [3.05, 3.63) is 23.0 Å². The molecule has 1 unspecified atom stereocenters. The number of H-pyrrole nitrogens is 1. The second-order valence-electron chi connectivity index (χ2n) is 5.24. The number of carbonyl (C=O) groups is 1. The molecule has 2 fully saturated rings. The number of rotatable bonds is 2. The van der Waals surface area contributed by atoms with E-state index < -0.39 is 0 Å². The van der Waals surface area contributed by atoms with Crippen LogP contribution in [-0.4, -0.2) is 42.1 Å². The van der Waals surface area contributed by atoms with Crippen LogP contribution in [0.4, 0.5) is 0 Å². The van der Waals surface area contributed by atoms with Crippen molar-refractivity contribution in [1.29, 1.82) is 0 Å². The van der Waals surface area contributed by atoms with Crippen LogP contribution in [0, 0.1) is 11.8 Å². The van der Waals surface area contributed by atoms with Crippen molar-refractivity contribution < 1.29 is 9.53 Å². The van der Waals surface area contributed by atoms with Gasteiger partial charge in [-0.15, -0.1) is 0 Å². The predicted molar refractivity (Wildman–Crippen MR) is 68.7 cm³/mol. The highest BCUT2D eigenvalue weighted by Crippen LogP contribution is 2.38. The fraction of sp³-hybridized carbons (Fsp3) is 0.615. The van der Waals surface area contributed by atoms with E-state index in [-0.39, 0.29) is 5.91 Å². The first-order valence-electron chi connectivity index (χ1n) is 6.35. The number of piperidine rings is 1. The Morgan fingerprint density at radius 3 is 2.61 bits per heavy atom.